The van der Waals surface area contributed by atoms with Crippen molar-refractivity contribution in [3.05, 3.63) is 18.0 Å². The average Bonchev–Trinajstić information content (AvgIpc) is 2.70. The highest BCUT2D eigenvalue weighted by molar-refractivity contribution is 5.92. The van der Waals surface area contributed by atoms with Gasteiger partial charge in [-0.25, -0.2) is 0 Å². The molecule has 0 saturated heterocycles. The van der Waals surface area contributed by atoms with Crippen molar-refractivity contribution in [1.82, 2.24) is 10.5 Å². The Hall–Kier alpha value is -1.36. The van der Waals surface area contributed by atoms with Gasteiger partial charge in [-0.05, 0) is 6.42 Å². The van der Waals surface area contributed by atoms with Gasteiger partial charge in [-0.1, -0.05) is 19.0 Å². The highest BCUT2D eigenvalue weighted by Crippen LogP contribution is 2.40. The first kappa shape index (κ1) is 10.2. The van der Waals surface area contributed by atoms with Gasteiger partial charge in [-0.2, -0.15) is 0 Å². The Bertz CT molecular complexity index is 359. The van der Waals surface area contributed by atoms with Crippen LogP contribution in [0.4, 0.5) is 0 Å². The fourth-order valence-corrected chi connectivity index (χ4v) is 1.71. The zero-order chi connectivity index (χ0) is 11.1. The third-order valence-corrected chi connectivity index (χ3v) is 3.19. The molecule has 1 aromatic heterocycles. The molecule has 5 heteroatoms. The molecule has 1 heterocycles. The zero-order valence-electron chi connectivity index (χ0n) is 8.73. The largest absolute Gasteiger partial charge is 0.392 e. The van der Waals surface area contributed by atoms with Gasteiger partial charge in [0.05, 0.1) is 6.10 Å². The van der Waals surface area contributed by atoms with Gasteiger partial charge in [0.25, 0.3) is 5.91 Å². The lowest BCUT2D eigenvalue weighted by molar-refractivity contribution is -0.0690. The minimum absolute atomic E-state index is 0.00306. The number of carbonyl (C=O) groups excluding carboxylic acids is 1. The number of aromatic nitrogens is 1. The van der Waals surface area contributed by atoms with Crippen molar-refractivity contribution in [2.75, 3.05) is 0 Å². The van der Waals surface area contributed by atoms with Crippen molar-refractivity contribution >= 4 is 5.91 Å². The number of hydrogen-bond donors (Lipinski definition) is 2. The number of hydrogen-bond acceptors (Lipinski definition) is 4. The standard InChI is InChI=1S/C10H14N2O3/c1-10(2)7(5-8(10)13)11-9(14)6-3-4-15-12-6/h3-4,7-8,13H,5H2,1-2H3,(H,11,14). The number of aliphatic hydroxyl groups is 1. The van der Waals surface area contributed by atoms with Gasteiger partial charge in [0.15, 0.2) is 5.69 Å². The van der Waals surface area contributed by atoms with Crippen LogP contribution in [-0.4, -0.2) is 28.3 Å². The van der Waals surface area contributed by atoms with Gasteiger partial charge in [0.2, 0.25) is 0 Å². The maximum absolute atomic E-state index is 11.6. The van der Waals surface area contributed by atoms with E-state index in [-0.39, 0.29) is 29.2 Å². The summed E-state index contributed by atoms with van der Waals surface area (Å²) in [5, 5.41) is 15.9. The number of rotatable bonds is 2. The van der Waals surface area contributed by atoms with Crippen molar-refractivity contribution in [2.24, 2.45) is 5.41 Å². The zero-order valence-corrected chi connectivity index (χ0v) is 8.73. The average molecular weight is 210 g/mol. The Balaban J connectivity index is 1.97. The monoisotopic (exact) mass is 210 g/mol. The molecule has 1 aromatic rings. The summed E-state index contributed by atoms with van der Waals surface area (Å²) in [6, 6.07) is 1.51. The quantitative estimate of drug-likeness (QED) is 0.748. The summed E-state index contributed by atoms with van der Waals surface area (Å²) in [6.07, 6.45) is 1.60. The molecule has 82 valence electrons. The fraction of sp³-hybridized carbons (Fsp3) is 0.600. The predicted octanol–water partition coefficient (Wildman–Crippen LogP) is 0.564. The normalized spacial score (nSPS) is 28.2. The maximum Gasteiger partial charge on any atom is 0.273 e. The SMILES string of the molecule is CC1(C)C(O)CC1NC(=O)c1ccon1. The third-order valence-electron chi connectivity index (χ3n) is 3.19. The Morgan fingerprint density at radius 1 is 1.73 bits per heavy atom. The van der Waals surface area contributed by atoms with Crippen LogP contribution < -0.4 is 5.32 Å². The van der Waals surface area contributed by atoms with Crippen LogP contribution in [0.25, 0.3) is 0 Å². The first-order valence-electron chi connectivity index (χ1n) is 4.91. The van der Waals surface area contributed by atoms with Crippen LogP contribution in [0.2, 0.25) is 0 Å². The summed E-state index contributed by atoms with van der Waals surface area (Å²) in [4.78, 5) is 11.6. The highest BCUT2D eigenvalue weighted by Gasteiger charge is 2.48. The van der Waals surface area contributed by atoms with E-state index in [9.17, 15) is 9.90 Å². The molecule has 0 aliphatic heterocycles. The van der Waals surface area contributed by atoms with E-state index in [0.29, 0.717) is 6.42 Å². The van der Waals surface area contributed by atoms with Crippen molar-refractivity contribution in [1.29, 1.82) is 0 Å². The van der Waals surface area contributed by atoms with Crippen LogP contribution in [0.15, 0.2) is 16.9 Å². The number of amides is 1. The van der Waals surface area contributed by atoms with Crippen LogP contribution in [-0.2, 0) is 0 Å². The molecule has 1 aliphatic carbocycles. The van der Waals surface area contributed by atoms with Crippen LogP contribution >= 0.6 is 0 Å². The number of nitrogens with one attached hydrogen (secondary N) is 1. The molecule has 1 saturated carbocycles. The van der Waals surface area contributed by atoms with E-state index in [4.69, 9.17) is 0 Å². The van der Waals surface area contributed by atoms with Crippen LogP contribution in [0.3, 0.4) is 0 Å². The number of carbonyl (C=O) groups is 1. The molecule has 1 amide bonds. The lowest BCUT2D eigenvalue weighted by Gasteiger charge is -2.49. The molecule has 2 atom stereocenters. The molecular weight excluding hydrogens is 196 g/mol. The molecule has 1 fully saturated rings. The summed E-state index contributed by atoms with van der Waals surface area (Å²) < 4.78 is 4.58. The Kier molecular flexibility index (Phi) is 2.26. The van der Waals surface area contributed by atoms with E-state index >= 15 is 0 Å². The summed E-state index contributed by atoms with van der Waals surface area (Å²) in [6.45, 7) is 3.85. The lowest BCUT2D eigenvalue weighted by Crippen LogP contribution is -2.61. The summed E-state index contributed by atoms with van der Waals surface area (Å²) in [5.41, 5.74) is 0.00606. The van der Waals surface area contributed by atoms with Crippen molar-refractivity contribution in [2.45, 2.75) is 32.4 Å². The highest BCUT2D eigenvalue weighted by atomic mass is 16.5. The molecule has 0 radical (unpaired) electrons. The molecular formula is C10H14N2O3. The lowest BCUT2D eigenvalue weighted by atomic mass is 9.64. The second-order valence-corrected chi connectivity index (χ2v) is 4.48. The smallest absolute Gasteiger partial charge is 0.273 e. The Labute approximate surface area is 87.5 Å². The van der Waals surface area contributed by atoms with Gasteiger partial charge in [-0.3, -0.25) is 4.79 Å². The minimum atomic E-state index is -0.347. The van der Waals surface area contributed by atoms with Crippen molar-refractivity contribution in [3.63, 3.8) is 0 Å². The van der Waals surface area contributed by atoms with E-state index in [1.54, 1.807) is 0 Å². The molecule has 1 aliphatic rings. The van der Waals surface area contributed by atoms with Crippen LogP contribution in [0.5, 0.6) is 0 Å². The molecule has 2 unspecified atom stereocenters. The van der Waals surface area contributed by atoms with Crippen molar-refractivity contribution in [3.8, 4) is 0 Å². The second kappa shape index (κ2) is 3.34. The van der Waals surface area contributed by atoms with Gasteiger partial charge in [0, 0.05) is 17.5 Å². The summed E-state index contributed by atoms with van der Waals surface area (Å²) in [5.74, 6) is -0.256. The van der Waals surface area contributed by atoms with Crippen LogP contribution in [0.1, 0.15) is 30.8 Å². The topological polar surface area (TPSA) is 75.4 Å². The molecule has 15 heavy (non-hydrogen) atoms. The van der Waals surface area contributed by atoms with Gasteiger partial charge in [-0.15, -0.1) is 0 Å². The predicted molar refractivity (Wildman–Crippen MR) is 52.2 cm³/mol. The van der Waals surface area contributed by atoms with Crippen molar-refractivity contribution < 1.29 is 14.4 Å². The molecule has 2 rings (SSSR count). The summed E-state index contributed by atoms with van der Waals surface area (Å²) >= 11 is 0. The second-order valence-electron chi connectivity index (χ2n) is 4.48. The maximum atomic E-state index is 11.6. The van der Waals surface area contributed by atoms with Gasteiger partial charge in [0.1, 0.15) is 6.26 Å². The molecule has 0 aromatic carbocycles. The molecule has 5 nitrogen and oxygen atoms in total. The first-order chi connectivity index (χ1) is 7.01. The van der Waals surface area contributed by atoms with E-state index in [2.05, 4.69) is 15.0 Å². The van der Waals surface area contributed by atoms with Crippen LogP contribution in [0, 0.1) is 5.41 Å². The molecule has 2 N–H and O–H groups in total. The number of aliphatic hydroxyl groups excluding tert-OH is 1. The molecule has 0 spiro atoms. The molecule has 0 bridgehead atoms. The number of nitrogens with zero attached hydrogens (tertiary/aromatic N) is 1. The van der Waals surface area contributed by atoms with E-state index in [1.807, 2.05) is 13.8 Å². The Morgan fingerprint density at radius 2 is 2.47 bits per heavy atom. The fourth-order valence-electron chi connectivity index (χ4n) is 1.71. The van der Waals surface area contributed by atoms with E-state index < -0.39 is 0 Å². The third kappa shape index (κ3) is 1.63. The van der Waals surface area contributed by atoms with Gasteiger partial charge >= 0.3 is 0 Å². The van der Waals surface area contributed by atoms with E-state index in [1.165, 1.54) is 12.3 Å². The first-order valence-corrected chi connectivity index (χ1v) is 4.91. The minimum Gasteiger partial charge on any atom is -0.392 e. The summed E-state index contributed by atoms with van der Waals surface area (Å²) in [7, 11) is 0. The Morgan fingerprint density at radius 3 is 2.93 bits per heavy atom. The van der Waals surface area contributed by atoms with E-state index in [0.717, 1.165) is 0 Å². The van der Waals surface area contributed by atoms with Gasteiger partial charge < -0.3 is 14.9 Å².